The lowest BCUT2D eigenvalue weighted by Crippen LogP contribution is -2.28. The molecule has 98 valence electrons. The van der Waals surface area contributed by atoms with E-state index in [2.05, 4.69) is 10.2 Å². The van der Waals surface area contributed by atoms with Crippen LogP contribution in [0.15, 0.2) is 54.6 Å². The second-order valence-electron chi connectivity index (χ2n) is 3.95. The van der Waals surface area contributed by atoms with Gasteiger partial charge in [-0.3, -0.25) is 4.79 Å². The first kappa shape index (κ1) is 13.5. The Bertz CT molecular complexity index is 545. The van der Waals surface area contributed by atoms with Gasteiger partial charge in [-0.15, -0.1) is 0 Å². The molecule has 0 unspecified atom stereocenters. The van der Waals surface area contributed by atoms with Crippen molar-refractivity contribution >= 4 is 23.4 Å². The van der Waals surface area contributed by atoms with Crippen LogP contribution in [0.1, 0.15) is 11.6 Å². The number of halogens is 2. The molecule has 2 N–H and O–H groups in total. The summed E-state index contributed by atoms with van der Waals surface area (Å²) in [5.41, 5.74) is 1.26. The van der Waals surface area contributed by atoms with E-state index in [9.17, 15) is 9.18 Å². The number of rotatable bonds is 4. The molecule has 0 bridgehead atoms. The van der Waals surface area contributed by atoms with Crippen LogP contribution in [0.4, 0.5) is 10.1 Å². The molecule has 0 saturated heterocycles. The van der Waals surface area contributed by atoms with E-state index >= 15 is 0 Å². The van der Waals surface area contributed by atoms with Gasteiger partial charge >= 0.3 is 0 Å². The van der Waals surface area contributed by atoms with Crippen LogP contribution < -0.4 is 10.2 Å². The Hall–Kier alpha value is -1.91. The molecule has 0 aliphatic carbocycles. The van der Waals surface area contributed by atoms with Crippen molar-refractivity contribution in [3.05, 3.63) is 66.0 Å². The molecule has 2 aromatic carbocycles. The molecule has 2 aromatic rings. The van der Waals surface area contributed by atoms with E-state index in [-0.39, 0.29) is 11.7 Å². The van der Waals surface area contributed by atoms with Crippen molar-refractivity contribution in [2.75, 3.05) is 5.32 Å². The zero-order valence-corrected chi connectivity index (χ0v) is 10.7. The number of carbonyl (C=O) groups excluding carboxylic acids is 1. The van der Waals surface area contributed by atoms with Gasteiger partial charge in [0, 0.05) is 5.69 Å². The molecule has 0 aromatic heterocycles. The van der Waals surface area contributed by atoms with Gasteiger partial charge in [-0.2, -0.15) is 0 Å². The Kier molecular flexibility index (Phi) is 4.49. The molecular formula is C14H12ClFN2O. The number of hydrogen-bond acceptors (Lipinski definition) is 2. The van der Waals surface area contributed by atoms with Crippen LogP contribution in [0.3, 0.4) is 0 Å². The van der Waals surface area contributed by atoms with E-state index in [0.717, 1.165) is 5.56 Å². The van der Waals surface area contributed by atoms with Crippen LogP contribution in [0, 0.1) is 5.82 Å². The Balaban J connectivity index is 2.11. The standard InChI is InChI=1S/C14H12ClFN2O/c15-18-13(10-4-2-1-3-5-10)14(19)17-12-8-6-11(16)7-9-12/h1-9,13,18H,(H,17,19)/t13-/m1/s1. The van der Waals surface area contributed by atoms with Gasteiger partial charge in [0.2, 0.25) is 5.91 Å². The van der Waals surface area contributed by atoms with Crippen LogP contribution in [-0.4, -0.2) is 5.91 Å². The highest BCUT2D eigenvalue weighted by Crippen LogP contribution is 2.16. The topological polar surface area (TPSA) is 41.1 Å². The van der Waals surface area contributed by atoms with E-state index in [0.29, 0.717) is 5.69 Å². The summed E-state index contributed by atoms with van der Waals surface area (Å²) in [6.45, 7) is 0. The zero-order chi connectivity index (χ0) is 13.7. The predicted octanol–water partition coefficient (Wildman–Crippen LogP) is 3.25. The summed E-state index contributed by atoms with van der Waals surface area (Å²) in [6, 6.07) is 14.0. The summed E-state index contributed by atoms with van der Waals surface area (Å²) in [7, 11) is 0. The number of anilines is 1. The van der Waals surface area contributed by atoms with Crippen molar-refractivity contribution in [2.45, 2.75) is 6.04 Å². The van der Waals surface area contributed by atoms with Gasteiger partial charge in [-0.1, -0.05) is 30.3 Å². The quantitative estimate of drug-likeness (QED) is 0.843. The molecule has 0 aliphatic heterocycles. The minimum atomic E-state index is -0.673. The molecule has 0 saturated carbocycles. The van der Waals surface area contributed by atoms with E-state index in [4.69, 9.17) is 11.8 Å². The second kappa shape index (κ2) is 6.31. The highest BCUT2D eigenvalue weighted by molar-refractivity contribution is 6.15. The summed E-state index contributed by atoms with van der Waals surface area (Å²) in [5.74, 6) is -0.666. The van der Waals surface area contributed by atoms with Gasteiger partial charge in [0.1, 0.15) is 11.9 Å². The lowest BCUT2D eigenvalue weighted by atomic mass is 10.1. The van der Waals surface area contributed by atoms with Crippen molar-refractivity contribution in [1.29, 1.82) is 0 Å². The molecular weight excluding hydrogens is 267 g/mol. The second-order valence-corrected chi connectivity index (χ2v) is 4.17. The predicted molar refractivity (Wildman–Crippen MR) is 73.2 cm³/mol. The average molecular weight is 279 g/mol. The Morgan fingerprint density at radius 3 is 2.26 bits per heavy atom. The number of amides is 1. The first-order valence-corrected chi connectivity index (χ1v) is 6.06. The molecule has 5 heteroatoms. The molecule has 0 aliphatic rings. The van der Waals surface area contributed by atoms with Gasteiger partial charge in [0.25, 0.3) is 0 Å². The third-order valence-corrected chi connectivity index (χ3v) is 2.83. The summed E-state index contributed by atoms with van der Waals surface area (Å²) < 4.78 is 12.8. The lowest BCUT2D eigenvalue weighted by molar-refractivity contribution is -0.117. The lowest BCUT2D eigenvalue weighted by Gasteiger charge is -2.15. The fourth-order valence-corrected chi connectivity index (χ4v) is 1.88. The SMILES string of the molecule is O=C(Nc1ccc(F)cc1)[C@H](NCl)c1ccccc1. The van der Waals surface area contributed by atoms with Crippen LogP contribution in [0.2, 0.25) is 0 Å². The van der Waals surface area contributed by atoms with Crippen molar-refractivity contribution < 1.29 is 9.18 Å². The van der Waals surface area contributed by atoms with Crippen LogP contribution >= 0.6 is 11.8 Å². The first-order chi connectivity index (χ1) is 9.20. The minimum Gasteiger partial charge on any atom is -0.324 e. The first-order valence-electron chi connectivity index (χ1n) is 5.68. The molecule has 19 heavy (non-hydrogen) atoms. The Morgan fingerprint density at radius 1 is 1.05 bits per heavy atom. The van der Waals surface area contributed by atoms with Gasteiger partial charge in [-0.25, -0.2) is 9.23 Å². The van der Waals surface area contributed by atoms with E-state index in [1.165, 1.54) is 24.3 Å². The molecule has 0 fully saturated rings. The van der Waals surface area contributed by atoms with Crippen molar-refractivity contribution in [3.63, 3.8) is 0 Å². The highest BCUT2D eigenvalue weighted by Gasteiger charge is 2.19. The maximum atomic E-state index is 12.8. The highest BCUT2D eigenvalue weighted by atomic mass is 35.5. The molecule has 0 heterocycles. The summed E-state index contributed by atoms with van der Waals surface area (Å²) in [6.07, 6.45) is 0. The smallest absolute Gasteiger partial charge is 0.247 e. The Labute approximate surface area is 115 Å². The largest absolute Gasteiger partial charge is 0.324 e. The fourth-order valence-electron chi connectivity index (χ4n) is 1.66. The Morgan fingerprint density at radius 2 is 1.68 bits per heavy atom. The summed E-state index contributed by atoms with van der Waals surface area (Å²) >= 11 is 5.62. The minimum absolute atomic E-state index is 0.312. The number of carbonyl (C=O) groups is 1. The van der Waals surface area contributed by atoms with Gasteiger partial charge in [-0.05, 0) is 41.6 Å². The monoisotopic (exact) mass is 278 g/mol. The van der Waals surface area contributed by atoms with Gasteiger partial charge < -0.3 is 5.32 Å². The maximum Gasteiger partial charge on any atom is 0.247 e. The van der Waals surface area contributed by atoms with E-state index < -0.39 is 6.04 Å². The number of hydrogen-bond donors (Lipinski definition) is 2. The third kappa shape index (κ3) is 3.53. The number of nitrogens with one attached hydrogen (secondary N) is 2. The van der Waals surface area contributed by atoms with Crippen LogP contribution in [0.5, 0.6) is 0 Å². The molecule has 1 atom stereocenters. The molecule has 3 nitrogen and oxygen atoms in total. The van der Waals surface area contributed by atoms with Gasteiger partial charge in [0.15, 0.2) is 0 Å². The van der Waals surface area contributed by atoms with E-state index in [1.54, 1.807) is 12.1 Å². The number of benzene rings is 2. The summed E-state index contributed by atoms with van der Waals surface area (Å²) in [4.78, 5) is 14.5. The summed E-state index contributed by atoms with van der Waals surface area (Å²) in [5, 5.41) is 2.67. The van der Waals surface area contributed by atoms with Crippen molar-refractivity contribution in [2.24, 2.45) is 0 Å². The van der Waals surface area contributed by atoms with Crippen LogP contribution in [0.25, 0.3) is 0 Å². The molecule has 0 radical (unpaired) electrons. The fraction of sp³-hybridized carbons (Fsp3) is 0.0714. The molecule has 1 amide bonds. The zero-order valence-electron chi connectivity index (χ0n) is 9.94. The molecule has 2 rings (SSSR count). The molecule has 0 spiro atoms. The normalized spacial score (nSPS) is 11.9. The van der Waals surface area contributed by atoms with Crippen LogP contribution in [-0.2, 0) is 4.79 Å². The third-order valence-electron chi connectivity index (χ3n) is 2.62. The van der Waals surface area contributed by atoms with Crippen molar-refractivity contribution in [3.8, 4) is 0 Å². The maximum absolute atomic E-state index is 12.8. The van der Waals surface area contributed by atoms with Gasteiger partial charge in [0.05, 0.1) is 0 Å². The van der Waals surface area contributed by atoms with Crippen molar-refractivity contribution in [1.82, 2.24) is 4.84 Å². The average Bonchev–Trinajstić information content (AvgIpc) is 2.43. The van der Waals surface area contributed by atoms with E-state index in [1.807, 2.05) is 18.2 Å².